The molecule has 4 heteroatoms. The van der Waals surface area contributed by atoms with Crippen LogP contribution in [0.2, 0.25) is 0 Å². The third kappa shape index (κ3) is 2.53. The number of para-hydroxylation sites is 2. The first kappa shape index (κ1) is 12.3. The van der Waals surface area contributed by atoms with Crippen molar-refractivity contribution in [3.05, 3.63) is 24.3 Å². The van der Waals surface area contributed by atoms with Crippen molar-refractivity contribution >= 4 is 5.91 Å². The monoisotopic (exact) mass is 261 g/mol. The summed E-state index contributed by atoms with van der Waals surface area (Å²) in [5, 5.41) is 0. The number of hydrogen-bond acceptors (Lipinski definition) is 3. The van der Waals surface area contributed by atoms with Crippen molar-refractivity contribution in [1.82, 2.24) is 4.90 Å². The fourth-order valence-corrected chi connectivity index (χ4v) is 2.73. The molecule has 2 aliphatic rings. The summed E-state index contributed by atoms with van der Waals surface area (Å²) in [6.07, 6.45) is 1.78. The molecule has 4 nitrogen and oxygen atoms in total. The number of carbonyl (C=O) groups is 1. The van der Waals surface area contributed by atoms with Crippen LogP contribution >= 0.6 is 0 Å². The third-order valence-corrected chi connectivity index (χ3v) is 3.75. The number of amides is 1. The molecule has 0 bridgehead atoms. The Balaban J connectivity index is 1.69. The lowest BCUT2D eigenvalue weighted by Crippen LogP contribution is -2.49. The Bertz CT molecular complexity index is 474. The minimum Gasteiger partial charge on any atom is -0.485 e. The third-order valence-electron chi connectivity index (χ3n) is 3.75. The van der Waals surface area contributed by atoms with Crippen molar-refractivity contribution in [2.75, 3.05) is 19.7 Å². The normalized spacial score (nSPS) is 26.1. The van der Waals surface area contributed by atoms with Crippen LogP contribution in [-0.4, -0.2) is 36.6 Å². The predicted molar refractivity (Wildman–Crippen MR) is 71.3 cm³/mol. The van der Waals surface area contributed by atoms with Gasteiger partial charge in [-0.3, -0.25) is 4.79 Å². The van der Waals surface area contributed by atoms with Gasteiger partial charge in [0.05, 0.1) is 0 Å². The molecule has 0 saturated carbocycles. The first-order chi connectivity index (χ1) is 9.24. The van der Waals surface area contributed by atoms with Gasteiger partial charge in [0.15, 0.2) is 11.5 Å². The predicted octanol–water partition coefficient (Wildman–Crippen LogP) is 2.08. The molecular weight excluding hydrogens is 242 g/mol. The van der Waals surface area contributed by atoms with E-state index in [1.807, 2.05) is 29.2 Å². The van der Waals surface area contributed by atoms with Crippen molar-refractivity contribution in [1.29, 1.82) is 0 Å². The largest absolute Gasteiger partial charge is 0.485 e. The first-order valence-electron chi connectivity index (χ1n) is 6.91. The Morgan fingerprint density at radius 1 is 1.32 bits per heavy atom. The zero-order valence-electron chi connectivity index (χ0n) is 11.2. The van der Waals surface area contributed by atoms with Gasteiger partial charge in [-0.05, 0) is 30.9 Å². The van der Waals surface area contributed by atoms with Gasteiger partial charge in [0.1, 0.15) is 6.61 Å². The molecular formula is C15H19NO3. The van der Waals surface area contributed by atoms with E-state index in [1.165, 1.54) is 6.42 Å². The molecule has 2 heterocycles. The molecule has 2 atom stereocenters. The summed E-state index contributed by atoms with van der Waals surface area (Å²) in [7, 11) is 0. The highest BCUT2D eigenvalue weighted by molar-refractivity contribution is 5.82. The second kappa shape index (κ2) is 5.11. The zero-order chi connectivity index (χ0) is 13.2. The van der Waals surface area contributed by atoms with Gasteiger partial charge in [-0.25, -0.2) is 0 Å². The van der Waals surface area contributed by atoms with E-state index >= 15 is 0 Å². The van der Waals surface area contributed by atoms with Gasteiger partial charge in [-0.1, -0.05) is 19.1 Å². The van der Waals surface area contributed by atoms with Crippen LogP contribution in [0.5, 0.6) is 11.5 Å². The van der Waals surface area contributed by atoms with E-state index in [2.05, 4.69) is 6.92 Å². The fourth-order valence-electron chi connectivity index (χ4n) is 2.73. The molecule has 0 N–H and O–H groups in total. The van der Waals surface area contributed by atoms with E-state index in [0.29, 0.717) is 18.3 Å². The molecule has 1 aromatic carbocycles. The number of ether oxygens (including phenoxy) is 2. The van der Waals surface area contributed by atoms with Gasteiger partial charge in [0.25, 0.3) is 5.91 Å². The lowest BCUT2D eigenvalue weighted by atomic mass is 10.00. The average molecular weight is 261 g/mol. The van der Waals surface area contributed by atoms with Crippen LogP contribution < -0.4 is 9.47 Å². The quantitative estimate of drug-likeness (QED) is 0.777. The maximum absolute atomic E-state index is 12.4. The molecule has 2 aliphatic heterocycles. The van der Waals surface area contributed by atoms with Crippen molar-refractivity contribution in [2.45, 2.75) is 25.9 Å². The summed E-state index contributed by atoms with van der Waals surface area (Å²) in [6, 6.07) is 7.49. The number of nitrogens with zero attached hydrogens (tertiary/aromatic N) is 1. The van der Waals surface area contributed by atoms with Crippen molar-refractivity contribution in [2.24, 2.45) is 5.92 Å². The maximum Gasteiger partial charge on any atom is 0.267 e. The van der Waals surface area contributed by atoms with Gasteiger partial charge in [0, 0.05) is 13.1 Å². The average Bonchev–Trinajstić information content (AvgIpc) is 2.46. The second-order valence-electron chi connectivity index (χ2n) is 5.40. The smallest absolute Gasteiger partial charge is 0.267 e. The highest BCUT2D eigenvalue weighted by Gasteiger charge is 2.32. The number of rotatable bonds is 1. The Hall–Kier alpha value is -1.71. The summed E-state index contributed by atoms with van der Waals surface area (Å²) in [4.78, 5) is 14.3. The van der Waals surface area contributed by atoms with Crippen LogP contribution in [0.15, 0.2) is 24.3 Å². The molecule has 0 aromatic heterocycles. The van der Waals surface area contributed by atoms with Crippen LogP contribution in [0.4, 0.5) is 0 Å². The summed E-state index contributed by atoms with van der Waals surface area (Å²) in [6.45, 7) is 4.17. The van der Waals surface area contributed by atoms with Crippen LogP contribution in [0.3, 0.4) is 0 Å². The van der Waals surface area contributed by atoms with Gasteiger partial charge in [-0.15, -0.1) is 0 Å². The van der Waals surface area contributed by atoms with Crippen molar-refractivity contribution < 1.29 is 14.3 Å². The van der Waals surface area contributed by atoms with E-state index < -0.39 is 6.10 Å². The fraction of sp³-hybridized carbons (Fsp3) is 0.533. The molecule has 1 aromatic rings. The number of hydrogen-bond donors (Lipinski definition) is 0. The second-order valence-corrected chi connectivity index (χ2v) is 5.40. The molecule has 3 rings (SSSR count). The molecule has 0 spiro atoms. The van der Waals surface area contributed by atoms with Crippen molar-refractivity contribution in [3.8, 4) is 11.5 Å². The standard InChI is InChI=1S/C15H19NO3/c1-11-5-4-8-16(9-11)15(17)14-10-18-12-6-2-3-7-13(12)19-14/h2-3,6-7,11,14H,4-5,8-10H2,1H3/t11-,14+/m0/s1. The summed E-state index contributed by atoms with van der Waals surface area (Å²) >= 11 is 0. The highest BCUT2D eigenvalue weighted by atomic mass is 16.6. The van der Waals surface area contributed by atoms with E-state index in [0.717, 1.165) is 25.3 Å². The van der Waals surface area contributed by atoms with Crippen LogP contribution in [0.1, 0.15) is 19.8 Å². The molecule has 0 aliphatic carbocycles. The van der Waals surface area contributed by atoms with Gasteiger partial charge in [0.2, 0.25) is 6.10 Å². The Morgan fingerprint density at radius 2 is 2.11 bits per heavy atom. The molecule has 0 unspecified atom stereocenters. The summed E-state index contributed by atoms with van der Waals surface area (Å²) in [5.74, 6) is 2.02. The number of likely N-dealkylation sites (tertiary alicyclic amines) is 1. The maximum atomic E-state index is 12.4. The van der Waals surface area contributed by atoms with E-state index in [1.54, 1.807) is 0 Å². The molecule has 1 amide bonds. The lowest BCUT2D eigenvalue weighted by molar-refractivity contribution is -0.142. The van der Waals surface area contributed by atoms with Gasteiger partial charge >= 0.3 is 0 Å². The zero-order valence-corrected chi connectivity index (χ0v) is 11.2. The lowest BCUT2D eigenvalue weighted by Gasteiger charge is -2.35. The summed E-state index contributed by atoms with van der Waals surface area (Å²) in [5.41, 5.74) is 0. The molecule has 102 valence electrons. The molecule has 19 heavy (non-hydrogen) atoms. The van der Waals surface area contributed by atoms with E-state index in [9.17, 15) is 4.79 Å². The van der Waals surface area contributed by atoms with Gasteiger partial charge in [-0.2, -0.15) is 0 Å². The van der Waals surface area contributed by atoms with Crippen LogP contribution in [0.25, 0.3) is 0 Å². The minimum atomic E-state index is -0.500. The Morgan fingerprint density at radius 3 is 2.89 bits per heavy atom. The molecule has 1 saturated heterocycles. The minimum absolute atomic E-state index is 0.0565. The van der Waals surface area contributed by atoms with Crippen LogP contribution in [-0.2, 0) is 4.79 Å². The number of piperidine rings is 1. The number of fused-ring (bicyclic) bond motifs is 1. The highest BCUT2D eigenvalue weighted by Crippen LogP contribution is 2.31. The summed E-state index contributed by atoms with van der Waals surface area (Å²) < 4.78 is 11.4. The first-order valence-corrected chi connectivity index (χ1v) is 6.91. The van der Waals surface area contributed by atoms with Crippen LogP contribution in [0, 0.1) is 5.92 Å². The van der Waals surface area contributed by atoms with E-state index in [-0.39, 0.29) is 5.91 Å². The molecule has 1 fully saturated rings. The SMILES string of the molecule is C[C@H]1CCCN(C(=O)[C@H]2COc3ccccc3O2)C1. The Kier molecular flexibility index (Phi) is 3.32. The van der Waals surface area contributed by atoms with Crippen molar-refractivity contribution in [3.63, 3.8) is 0 Å². The molecule has 0 radical (unpaired) electrons. The topological polar surface area (TPSA) is 38.8 Å². The van der Waals surface area contributed by atoms with E-state index in [4.69, 9.17) is 9.47 Å². The Labute approximate surface area is 113 Å². The number of carbonyl (C=O) groups excluding carboxylic acids is 1. The van der Waals surface area contributed by atoms with Gasteiger partial charge < -0.3 is 14.4 Å². The number of benzene rings is 1.